The van der Waals surface area contributed by atoms with E-state index in [1.54, 1.807) is 6.92 Å². The smallest absolute Gasteiger partial charge is 0.248 e. The average molecular weight is 334 g/mol. The highest BCUT2D eigenvalue weighted by Crippen LogP contribution is 2.17. The summed E-state index contributed by atoms with van der Waals surface area (Å²) in [4.78, 5) is 12.1. The summed E-state index contributed by atoms with van der Waals surface area (Å²) in [5.41, 5.74) is 8.47. The van der Waals surface area contributed by atoms with Crippen LogP contribution in [0.2, 0.25) is 0 Å². The minimum atomic E-state index is -0.496. The molecule has 0 aromatic heterocycles. The number of nitrogens with two attached hydrogens (primary N) is 1. The van der Waals surface area contributed by atoms with Crippen LogP contribution in [0.25, 0.3) is 0 Å². The van der Waals surface area contributed by atoms with Crippen molar-refractivity contribution in [3.63, 3.8) is 0 Å². The summed E-state index contributed by atoms with van der Waals surface area (Å²) < 4.78 is 11.1. The van der Waals surface area contributed by atoms with Gasteiger partial charge in [0.25, 0.3) is 0 Å². The standard InChI is InChI=1S/C19H30N2O3/c1-13(2)15-6-8-16(9-7-15)18(20)11-21-19(22)14(3)24-12-17-5-4-10-23-17/h6-9,13-14,17-18H,4-5,10-12,20H2,1-3H3,(H,21,22). The molecule has 1 aromatic rings. The third-order valence-corrected chi connectivity index (χ3v) is 4.45. The predicted octanol–water partition coefficient (Wildman–Crippen LogP) is 2.51. The van der Waals surface area contributed by atoms with Gasteiger partial charge in [-0.3, -0.25) is 4.79 Å². The van der Waals surface area contributed by atoms with E-state index in [0.29, 0.717) is 19.1 Å². The van der Waals surface area contributed by atoms with Crippen LogP contribution in [-0.4, -0.2) is 37.9 Å². The van der Waals surface area contributed by atoms with Crippen molar-refractivity contribution in [1.29, 1.82) is 0 Å². The van der Waals surface area contributed by atoms with Gasteiger partial charge in [0.05, 0.1) is 12.7 Å². The zero-order chi connectivity index (χ0) is 17.5. The van der Waals surface area contributed by atoms with Crippen molar-refractivity contribution in [2.75, 3.05) is 19.8 Å². The van der Waals surface area contributed by atoms with Crippen LogP contribution in [0.15, 0.2) is 24.3 Å². The van der Waals surface area contributed by atoms with Crippen LogP contribution >= 0.6 is 0 Å². The van der Waals surface area contributed by atoms with Gasteiger partial charge in [-0.15, -0.1) is 0 Å². The third-order valence-electron chi connectivity index (χ3n) is 4.45. The molecule has 24 heavy (non-hydrogen) atoms. The monoisotopic (exact) mass is 334 g/mol. The van der Waals surface area contributed by atoms with E-state index in [-0.39, 0.29) is 18.1 Å². The summed E-state index contributed by atoms with van der Waals surface area (Å²) in [5.74, 6) is 0.360. The Morgan fingerprint density at radius 1 is 1.29 bits per heavy atom. The summed E-state index contributed by atoms with van der Waals surface area (Å²) in [5, 5.41) is 2.86. The minimum Gasteiger partial charge on any atom is -0.376 e. The molecule has 1 amide bonds. The normalized spacial score (nSPS) is 20.1. The highest BCUT2D eigenvalue weighted by atomic mass is 16.5. The van der Waals surface area contributed by atoms with Gasteiger partial charge in [-0.2, -0.15) is 0 Å². The fourth-order valence-corrected chi connectivity index (χ4v) is 2.70. The second-order valence-corrected chi connectivity index (χ2v) is 6.78. The number of carbonyl (C=O) groups is 1. The lowest BCUT2D eigenvalue weighted by molar-refractivity contribution is -0.133. The summed E-state index contributed by atoms with van der Waals surface area (Å²) in [6, 6.07) is 8.03. The second kappa shape index (κ2) is 9.16. The Morgan fingerprint density at radius 3 is 2.54 bits per heavy atom. The van der Waals surface area contributed by atoms with Crippen LogP contribution in [-0.2, 0) is 14.3 Å². The van der Waals surface area contributed by atoms with Gasteiger partial charge in [0.1, 0.15) is 6.10 Å². The Labute approximate surface area is 144 Å². The number of ether oxygens (including phenoxy) is 2. The number of nitrogens with one attached hydrogen (secondary N) is 1. The highest BCUT2D eigenvalue weighted by Gasteiger charge is 2.20. The Balaban J connectivity index is 1.73. The molecule has 3 N–H and O–H groups in total. The average Bonchev–Trinajstić information content (AvgIpc) is 3.10. The Hall–Kier alpha value is -1.43. The van der Waals surface area contributed by atoms with Crippen LogP contribution in [0.5, 0.6) is 0 Å². The Morgan fingerprint density at radius 2 is 1.96 bits per heavy atom. The summed E-state index contributed by atoms with van der Waals surface area (Å²) in [6.45, 7) is 7.73. The topological polar surface area (TPSA) is 73.6 Å². The maximum absolute atomic E-state index is 12.1. The van der Waals surface area contributed by atoms with Gasteiger partial charge in [-0.1, -0.05) is 38.1 Å². The van der Waals surface area contributed by atoms with E-state index in [0.717, 1.165) is 25.0 Å². The lowest BCUT2D eigenvalue weighted by Gasteiger charge is -2.18. The number of hydrogen-bond acceptors (Lipinski definition) is 4. The van der Waals surface area contributed by atoms with Gasteiger partial charge in [-0.25, -0.2) is 0 Å². The molecular weight excluding hydrogens is 304 g/mol. The molecule has 134 valence electrons. The zero-order valence-corrected chi connectivity index (χ0v) is 15.0. The summed E-state index contributed by atoms with van der Waals surface area (Å²) in [7, 11) is 0. The van der Waals surface area contributed by atoms with E-state index >= 15 is 0 Å². The number of amides is 1. The number of benzene rings is 1. The molecule has 0 aliphatic carbocycles. The van der Waals surface area contributed by atoms with Crippen molar-refractivity contribution in [1.82, 2.24) is 5.32 Å². The number of carbonyl (C=O) groups excluding carboxylic acids is 1. The van der Waals surface area contributed by atoms with Crippen LogP contribution in [0.3, 0.4) is 0 Å². The summed E-state index contributed by atoms with van der Waals surface area (Å²) in [6.07, 6.45) is 1.71. The molecule has 1 fully saturated rings. The molecule has 1 heterocycles. The van der Waals surface area contributed by atoms with Gasteiger partial charge in [0.2, 0.25) is 5.91 Å². The van der Waals surface area contributed by atoms with Crippen molar-refractivity contribution in [3.05, 3.63) is 35.4 Å². The van der Waals surface area contributed by atoms with Crippen molar-refractivity contribution in [2.45, 2.75) is 57.8 Å². The molecule has 1 aromatic carbocycles. The summed E-state index contributed by atoms with van der Waals surface area (Å²) >= 11 is 0. The fourth-order valence-electron chi connectivity index (χ4n) is 2.70. The van der Waals surface area contributed by atoms with E-state index in [2.05, 4.69) is 31.3 Å². The molecule has 0 bridgehead atoms. The molecule has 0 spiro atoms. The van der Waals surface area contributed by atoms with Crippen molar-refractivity contribution in [2.24, 2.45) is 5.73 Å². The highest BCUT2D eigenvalue weighted by molar-refractivity contribution is 5.80. The molecule has 3 atom stereocenters. The predicted molar refractivity (Wildman–Crippen MR) is 94.9 cm³/mol. The van der Waals surface area contributed by atoms with Crippen molar-refractivity contribution >= 4 is 5.91 Å². The number of rotatable bonds is 8. The quantitative estimate of drug-likeness (QED) is 0.766. The molecular formula is C19H30N2O3. The first-order chi connectivity index (χ1) is 11.5. The molecule has 0 saturated carbocycles. The van der Waals surface area contributed by atoms with Crippen LogP contribution in [0, 0.1) is 0 Å². The first kappa shape index (κ1) is 18.9. The maximum Gasteiger partial charge on any atom is 0.248 e. The van der Waals surface area contributed by atoms with E-state index in [1.165, 1.54) is 5.56 Å². The second-order valence-electron chi connectivity index (χ2n) is 6.78. The Kier molecular flexibility index (Phi) is 7.21. The zero-order valence-electron chi connectivity index (χ0n) is 15.0. The van der Waals surface area contributed by atoms with Crippen LogP contribution in [0.4, 0.5) is 0 Å². The molecule has 1 aliphatic rings. The minimum absolute atomic E-state index is 0.127. The molecule has 1 saturated heterocycles. The molecule has 2 rings (SSSR count). The fraction of sp³-hybridized carbons (Fsp3) is 0.632. The van der Waals surface area contributed by atoms with Crippen LogP contribution in [0.1, 0.15) is 56.7 Å². The number of hydrogen-bond donors (Lipinski definition) is 2. The van der Waals surface area contributed by atoms with Gasteiger partial charge in [0, 0.05) is 19.2 Å². The molecule has 5 nitrogen and oxygen atoms in total. The van der Waals surface area contributed by atoms with Gasteiger partial charge < -0.3 is 20.5 Å². The van der Waals surface area contributed by atoms with Gasteiger partial charge >= 0.3 is 0 Å². The van der Waals surface area contributed by atoms with Crippen molar-refractivity contribution < 1.29 is 14.3 Å². The SMILES string of the molecule is CC(OCC1CCCO1)C(=O)NCC(N)c1ccc(C(C)C)cc1. The van der Waals surface area contributed by atoms with E-state index < -0.39 is 6.10 Å². The molecule has 3 unspecified atom stereocenters. The lowest BCUT2D eigenvalue weighted by atomic mass is 9.99. The maximum atomic E-state index is 12.1. The largest absolute Gasteiger partial charge is 0.376 e. The molecule has 5 heteroatoms. The van der Waals surface area contributed by atoms with E-state index in [1.807, 2.05) is 12.1 Å². The third kappa shape index (κ3) is 5.58. The van der Waals surface area contributed by atoms with Gasteiger partial charge in [-0.05, 0) is 36.8 Å². The lowest BCUT2D eigenvalue weighted by Crippen LogP contribution is -2.39. The van der Waals surface area contributed by atoms with Crippen molar-refractivity contribution in [3.8, 4) is 0 Å². The van der Waals surface area contributed by atoms with Crippen LogP contribution < -0.4 is 11.1 Å². The Bertz CT molecular complexity index is 510. The first-order valence-corrected chi connectivity index (χ1v) is 8.83. The molecule has 0 radical (unpaired) electrons. The molecule has 1 aliphatic heterocycles. The van der Waals surface area contributed by atoms with Gasteiger partial charge in [0.15, 0.2) is 0 Å². The first-order valence-electron chi connectivity index (χ1n) is 8.83. The van der Waals surface area contributed by atoms with E-state index in [9.17, 15) is 4.79 Å². The van der Waals surface area contributed by atoms with E-state index in [4.69, 9.17) is 15.2 Å².